The second kappa shape index (κ2) is 5.63. The van der Waals surface area contributed by atoms with Crippen LogP contribution in [-0.4, -0.2) is 49.9 Å². The highest BCUT2D eigenvalue weighted by atomic mass is 32.2. The summed E-state index contributed by atoms with van der Waals surface area (Å²) < 4.78 is 22.7. The number of nitrogens with two attached hydrogens (primary N) is 1. The summed E-state index contributed by atoms with van der Waals surface area (Å²) in [7, 11) is -2.94. The monoisotopic (exact) mass is 248 g/mol. The first-order valence-electron chi connectivity index (χ1n) is 5.64. The molecule has 1 saturated heterocycles. The normalized spacial score (nSPS) is 22.5. The van der Waals surface area contributed by atoms with Gasteiger partial charge in [-0.3, -0.25) is 4.79 Å². The molecule has 0 radical (unpaired) electrons. The molecule has 0 bridgehead atoms. The van der Waals surface area contributed by atoms with Gasteiger partial charge >= 0.3 is 0 Å². The second-order valence-electron chi connectivity index (χ2n) is 4.40. The molecule has 94 valence electrons. The minimum absolute atomic E-state index is 0.0136. The van der Waals surface area contributed by atoms with Gasteiger partial charge < -0.3 is 10.6 Å². The van der Waals surface area contributed by atoms with Crippen LogP contribution in [-0.2, 0) is 14.6 Å². The number of carbonyl (C=O) groups is 1. The van der Waals surface area contributed by atoms with E-state index in [1.165, 1.54) is 0 Å². The summed E-state index contributed by atoms with van der Waals surface area (Å²) in [5.41, 5.74) is 5.58. The molecule has 1 rings (SSSR count). The van der Waals surface area contributed by atoms with Crippen molar-refractivity contribution in [2.24, 2.45) is 5.73 Å². The lowest BCUT2D eigenvalue weighted by Gasteiger charge is -2.20. The fourth-order valence-corrected chi connectivity index (χ4v) is 2.97. The average molecular weight is 248 g/mol. The molecule has 0 aliphatic carbocycles. The quantitative estimate of drug-likeness (QED) is 0.747. The van der Waals surface area contributed by atoms with Crippen LogP contribution in [0.3, 0.4) is 0 Å². The third kappa shape index (κ3) is 4.49. The number of amides is 1. The molecule has 16 heavy (non-hydrogen) atoms. The zero-order valence-corrected chi connectivity index (χ0v) is 10.5. The van der Waals surface area contributed by atoms with Crippen LogP contribution in [0.2, 0.25) is 0 Å². The Morgan fingerprint density at radius 3 is 2.69 bits per heavy atom. The number of carbonyl (C=O) groups excluding carboxylic acids is 1. The van der Waals surface area contributed by atoms with Crippen LogP contribution in [0.4, 0.5) is 0 Å². The number of sulfone groups is 1. The summed E-state index contributed by atoms with van der Waals surface area (Å²) in [4.78, 5) is 13.4. The van der Waals surface area contributed by atoms with Crippen molar-refractivity contribution in [3.63, 3.8) is 0 Å². The molecule has 0 aromatic rings. The lowest BCUT2D eigenvalue weighted by atomic mass is 10.2. The minimum Gasteiger partial charge on any atom is -0.342 e. The predicted molar refractivity (Wildman–Crippen MR) is 62.7 cm³/mol. The standard InChI is InChI=1S/C10H20N2O3S/c1-9(11)3-4-10(13)12-5-2-7-16(14,15)8-6-12/h9H,2-8,11H2,1H3. The smallest absolute Gasteiger partial charge is 0.222 e. The van der Waals surface area contributed by atoms with Gasteiger partial charge in [0.05, 0.1) is 11.5 Å². The molecule has 1 aliphatic rings. The van der Waals surface area contributed by atoms with Crippen molar-refractivity contribution in [3.05, 3.63) is 0 Å². The van der Waals surface area contributed by atoms with Gasteiger partial charge in [0.15, 0.2) is 9.84 Å². The van der Waals surface area contributed by atoms with Crippen molar-refractivity contribution in [2.75, 3.05) is 24.6 Å². The van der Waals surface area contributed by atoms with E-state index in [1.54, 1.807) is 4.90 Å². The maximum Gasteiger partial charge on any atom is 0.222 e. The van der Waals surface area contributed by atoms with Crippen molar-refractivity contribution >= 4 is 15.7 Å². The zero-order valence-electron chi connectivity index (χ0n) is 9.68. The highest BCUT2D eigenvalue weighted by Crippen LogP contribution is 2.08. The van der Waals surface area contributed by atoms with Gasteiger partial charge in [-0.05, 0) is 19.8 Å². The lowest BCUT2D eigenvalue weighted by Crippen LogP contribution is -2.34. The first-order chi connectivity index (χ1) is 7.41. The Morgan fingerprint density at radius 1 is 1.38 bits per heavy atom. The Bertz CT molecular complexity index is 338. The van der Waals surface area contributed by atoms with Crippen LogP contribution >= 0.6 is 0 Å². The van der Waals surface area contributed by atoms with E-state index < -0.39 is 9.84 Å². The van der Waals surface area contributed by atoms with E-state index in [0.717, 1.165) is 0 Å². The first kappa shape index (κ1) is 13.4. The Balaban J connectivity index is 2.45. The zero-order chi connectivity index (χ0) is 12.2. The summed E-state index contributed by atoms with van der Waals surface area (Å²) in [6.07, 6.45) is 1.62. The summed E-state index contributed by atoms with van der Waals surface area (Å²) in [5.74, 6) is 0.315. The largest absolute Gasteiger partial charge is 0.342 e. The molecule has 1 aliphatic heterocycles. The fourth-order valence-electron chi connectivity index (χ4n) is 1.70. The van der Waals surface area contributed by atoms with E-state index in [2.05, 4.69) is 0 Å². The maximum absolute atomic E-state index is 11.7. The van der Waals surface area contributed by atoms with Crippen molar-refractivity contribution in [3.8, 4) is 0 Å². The molecule has 6 heteroatoms. The molecule has 5 nitrogen and oxygen atoms in total. The molecule has 0 saturated carbocycles. The topological polar surface area (TPSA) is 80.5 Å². The van der Waals surface area contributed by atoms with E-state index in [-0.39, 0.29) is 23.5 Å². The predicted octanol–water partition coefficient (Wildman–Crippen LogP) is -0.239. The molecule has 2 N–H and O–H groups in total. The molecule has 0 spiro atoms. The summed E-state index contributed by atoms with van der Waals surface area (Å²) in [6.45, 7) is 2.75. The Hall–Kier alpha value is -0.620. The number of rotatable bonds is 3. The summed E-state index contributed by atoms with van der Waals surface area (Å²) in [5, 5.41) is 0. The Morgan fingerprint density at radius 2 is 2.06 bits per heavy atom. The molecule has 1 atom stereocenters. The van der Waals surface area contributed by atoms with Crippen LogP contribution in [0, 0.1) is 0 Å². The van der Waals surface area contributed by atoms with Gasteiger partial charge in [0.25, 0.3) is 0 Å². The molecule has 0 aromatic carbocycles. The highest BCUT2D eigenvalue weighted by molar-refractivity contribution is 7.91. The first-order valence-corrected chi connectivity index (χ1v) is 7.46. The molecule has 1 unspecified atom stereocenters. The van der Waals surface area contributed by atoms with Crippen molar-refractivity contribution < 1.29 is 13.2 Å². The van der Waals surface area contributed by atoms with Gasteiger partial charge in [0.1, 0.15) is 0 Å². The van der Waals surface area contributed by atoms with Crippen molar-refractivity contribution in [1.82, 2.24) is 4.90 Å². The van der Waals surface area contributed by atoms with Crippen LogP contribution in [0.5, 0.6) is 0 Å². The number of hydrogen-bond donors (Lipinski definition) is 1. The lowest BCUT2D eigenvalue weighted by molar-refractivity contribution is -0.131. The molecule has 1 amide bonds. The van der Waals surface area contributed by atoms with Crippen LogP contribution in [0.1, 0.15) is 26.2 Å². The Labute approximate surface area is 96.9 Å². The van der Waals surface area contributed by atoms with Crippen LogP contribution in [0.15, 0.2) is 0 Å². The number of nitrogens with zero attached hydrogens (tertiary/aromatic N) is 1. The summed E-state index contributed by atoms with van der Waals surface area (Å²) in [6, 6.07) is 0.0136. The second-order valence-corrected chi connectivity index (χ2v) is 6.71. The fraction of sp³-hybridized carbons (Fsp3) is 0.900. The van der Waals surface area contributed by atoms with Gasteiger partial charge in [0, 0.05) is 25.6 Å². The van der Waals surface area contributed by atoms with Gasteiger partial charge in [-0.25, -0.2) is 8.42 Å². The van der Waals surface area contributed by atoms with Crippen LogP contribution < -0.4 is 5.73 Å². The molecule has 0 aromatic heterocycles. The van der Waals surface area contributed by atoms with Gasteiger partial charge in [0.2, 0.25) is 5.91 Å². The molecule has 1 heterocycles. The van der Waals surface area contributed by atoms with E-state index in [1.807, 2.05) is 6.92 Å². The van der Waals surface area contributed by atoms with Crippen LogP contribution in [0.25, 0.3) is 0 Å². The molecular formula is C10H20N2O3S. The SMILES string of the molecule is CC(N)CCC(=O)N1CCCS(=O)(=O)CC1. The van der Waals surface area contributed by atoms with E-state index in [0.29, 0.717) is 32.4 Å². The Kier molecular flexibility index (Phi) is 4.73. The average Bonchev–Trinajstić information content (AvgIpc) is 2.35. The van der Waals surface area contributed by atoms with E-state index >= 15 is 0 Å². The third-order valence-electron chi connectivity index (χ3n) is 2.72. The minimum atomic E-state index is -2.94. The van der Waals surface area contributed by atoms with Crippen molar-refractivity contribution in [1.29, 1.82) is 0 Å². The maximum atomic E-state index is 11.7. The van der Waals surface area contributed by atoms with Gasteiger partial charge in [-0.15, -0.1) is 0 Å². The van der Waals surface area contributed by atoms with Gasteiger partial charge in [-0.1, -0.05) is 0 Å². The molecule has 1 fully saturated rings. The highest BCUT2D eigenvalue weighted by Gasteiger charge is 2.22. The molecular weight excluding hydrogens is 228 g/mol. The van der Waals surface area contributed by atoms with E-state index in [9.17, 15) is 13.2 Å². The third-order valence-corrected chi connectivity index (χ3v) is 4.44. The summed E-state index contributed by atoms with van der Waals surface area (Å²) >= 11 is 0. The number of hydrogen-bond acceptors (Lipinski definition) is 4. The van der Waals surface area contributed by atoms with E-state index in [4.69, 9.17) is 5.73 Å². The van der Waals surface area contributed by atoms with Gasteiger partial charge in [-0.2, -0.15) is 0 Å². The van der Waals surface area contributed by atoms with Crippen molar-refractivity contribution in [2.45, 2.75) is 32.2 Å².